The molecule has 3 heteroatoms. The van der Waals surface area contributed by atoms with Gasteiger partial charge in [0, 0.05) is 6.04 Å². The number of rotatable bonds is 4. The van der Waals surface area contributed by atoms with E-state index in [0.29, 0.717) is 0 Å². The highest BCUT2D eigenvalue weighted by molar-refractivity contribution is 7.07. The third kappa shape index (κ3) is 2.68. The molecule has 1 aromatic heterocycles. The van der Waals surface area contributed by atoms with Gasteiger partial charge in [-0.25, -0.2) is 4.39 Å². The first-order valence-corrected chi connectivity index (χ1v) is 6.17. The summed E-state index contributed by atoms with van der Waals surface area (Å²) in [7, 11) is 1.93. The standard InChI is InChI=1S/C13H14FNS/c1-15-13(11-5-6-16-9-11)8-10-3-2-4-12(14)7-10/h2-7,9,13,15H,8H2,1H3. The lowest BCUT2D eigenvalue weighted by Crippen LogP contribution is -2.18. The maximum absolute atomic E-state index is 13.0. The minimum Gasteiger partial charge on any atom is -0.313 e. The average molecular weight is 235 g/mol. The van der Waals surface area contributed by atoms with Gasteiger partial charge in [0.15, 0.2) is 0 Å². The first-order valence-electron chi connectivity index (χ1n) is 5.23. The molecule has 1 N–H and O–H groups in total. The smallest absolute Gasteiger partial charge is 0.123 e. The lowest BCUT2D eigenvalue weighted by Gasteiger charge is -2.14. The average Bonchev–Trinajstić information content (AvgIpc) is 2.79. The zero-order valence-electron chi connectivity index (χ0n) is 9.11. The van der Waals surface area contributed by atoms with Crippen molar-refractivity contribution in [2.75, 3.05) is 7.05 Å². The van der Waals surface area contributed by atoms with E-state index < -0.39 is 0 Å². The van der Waals surface area contributed by atoms with Crippen LogP contribution in [0.15, 0.2) is 41.1 Å². The molecule has 0 spiro atoms. The van der Waals surface area contributed by atoms with Gasteiger partial charge in [-0.05, 0) is 53.6 Å². The monoisotopic (exact) mass is 235 g/mol. The lowest BCUT2D eigenvalue weighted by atomic mass is 10.0. The van der Waals surface area contributed by atoms with Crippen molar-refractivity contribution in [3.05, 3.63) is 58.0 Å². The molecule has 0 aliphatic rings. The van der Waals surface area contributed by atoms with Gasteiger partial charge in [0.05, 0.1) is 0 Å². The van der Waals surface area contributed by atoms with E-state index in [0.717, 1.165) is 12.0 Å². The molecule has 1 heterocycles. The Morgan fingerprint density at radius 2 is 2.25 bits per heavy atom. The van der Waals surface area contributed by atoms with Gasteiger partial charge in [-0.2, -0.15) is 11.3 Å². The number of halogens is 1. The summed E-state index contributed by atoms with van der Waals surface area (Å²) in [6.07, 6.45) is 0.811. The molecule has 0 saturated carbocycles. The molecule has 0 fully saturated rings. The summed E-state index contributed by atoms with van der Waals surface area (Å²) >= 11 is 1.68. The Balaban J connectivity index is 2.13. The number of hydrogen-bond acceptors (Lipinski definition) is 2. The van der Waals surface area contributed by atoms with Crippen LogP contribution in [0.2, 0.25) is 0 Å². The summed E-state index contributed by atoms with van der Waals surface area (Å²) in [5, 5.41) is 7.44. The molecule has 0 aliphatic heterocycles. The Kier molecular flexibility index (Phi) is 3.70. The maximum Gasteiger partial charge on any atom is 0.123 e. The molecule has 1 atom stereocenters. The van der Waals surface area contributed by atoms with Crippen molar-refractivity contribution in [1.29, 1.82) is 0 Å². The van der Waals surface area contributed by atoms with Gasteiger partial charge in [-0.1, -0.05) is 12.1 Å². The second-order valence-electron chi connectivity index (χ2n) is 3.73. The van der Waals surface area contributed by atoms with Gasteiger partial charge in [0.1, 0.15) is 5.82 Å². The van der Waals surface area contributed by atoms with E-state index in [4.69, 9.17) is 0 Å². The van der Waals surface area contributed by atoms with E-state index >= 15 is 0 Å². The Hall–Kier alpha value is -1.19. The minimum absolute atomic E-state index is 0.169. The predicted molar refractivity (Wildman–Crippen MR) is 66.2 cm³/mol. The molecule has 1 unspecified atom stereocenters. The highest BCUT2D eigenvalue weighted by atomic mass is 32.1. The fourth-order valence-electron chi connectivity index (χ4n) is 1.76. The van der Waals surface area contributed by atoms with Crippen molar-refractivity contribution in [3.63, 3.8) is 0 Å². The number of thiophene rings is 1. The number of nitrogens with one attached hydrogen (secondary N) is 1. The molecular formula is C13H14FNS. The van der Waals surface area contributed by atoms with Gasteiger partial charge in [-0.3, -0.25) is 0 Å². The zero-order valence-corrected chi connectivity index (χ0v) is 9.93. The molecular weight excluding hydrogens is 221 g/mol. The molecule has 84 valence electrons. The first-order chi connectivity index (χ1) is 7.79. The Labute approximate surface area is 98.9 Å². The molecule has 2 aromatic rings. The highest BCUT2D eigenvalue weighted by Gasteiger charge is 2.10. The van der Waals surface area contributed by atoms with Crippen LogP contribution in [0.3, 0.4) is 0 Å². The second kappa shape index (κ2) is 5.23. The summed E-state index contributed by atoms with van der Waals surface area (Å²) in [5.74, 6) is -0.169. The fraction of sp³-hybridized carbons (Fsp3) is 0.231. The summed E-state index contributed by atoms with van der Waals surface area (Å²) in [6.45, 7) is 0. The molecule has 0 aliphatic carbocycles. The van der Waals surface area contributed by atoms with Crippen LogP contribution >= 0.6 is 11.3 Å². The van der Waals surface area contributed by atoms with Crippen LogP contribution in [0, 0.1) is 5.82 Å². The zero-order chi connectivity index (χ0) is 11.4. The predicted octanol–water partition coefficient (Wildman–Crippen LogP) is 3.39. The van der Waals surface area contributed by atoms with Crippen molar-refractivity contribution < 1.29 is 4.39 Å². The van der Waals surface area contributed by atoms with E-state index in [-0.39, 0.29) is 11.9 Å². The van der Waals surface area contributed by atoms with Crippen LogP contribution in [0.4, 0.5) is 4.39 Å². The molecule has 1 nitrogen and oxygen atoms in total. The van der Waals surface area contributed by atoms with Crippen LogP contribution in [-0.2, 0) is 6.42 Å². The Morgan fingerprint density at radius 3 is 2.88 bits per heavy atom. The van der Waals surface area contributed by atoms with Crippen molar-refractivity contribution >= 4 is 11.3 Å². The summed E-state index contributed by atoms with van der Waals surface area (Å²) < 4.78 is 13.0. The van der Waals surface area contributed by atoms with Gasteiger partial charge >= 0.3 is 0 Å². The van der Waals surface area contributed by atoms with E-state index in [9.17, 15) is 4.39 Å². The Morgan fingerprint density at radius 1 is 1.38 bits per heavy atom. The molecule has 0 bridgehead atoms. The SMILES string of the molecule is CNC(Cc1cccc(F)c1)c1ccsc1. The summed E-state index contributed by atoms with van der Waals surface area (Å²) in [5.41, 5.74) is 2.28. The molecule has 0 amide bonds. The van der Waals surface area contributed by atoms with Gasteiger partial charge in [0.25, 0.3) is 0 Å². The van der Waals surface area contributed by atoms with E-state index in [2.05, 4.69) is 22.1 Å². The quantitative estimate of drug-likeness (QED) is 0.856. The third-order valence-corrected chi connectivity index (χ3v) is 3.32. The topological polar surface area (TPSA) is 12.0 Å². The molecule has 2 rings (SSSR count). The Bertz CT molecular complexity index is 439. The van der Waals surface area contributed by atoms with Crippen molar-refractivity contribution in [1.82, 2.24) is 5.32 Å². The molecule has 1 aromatic carbocycles. The fourth-order valence-corrected chi connectivity index (χ4v) is 2.47. The normalized spacial score (nSPS) is 12.6. The summed E-state index contributed by atoms with van der Waals surface area (Å²) in [6, 6.07) is 9.14. The number of benzene rings is 1. The molecule has 16 heavy (non-hydrogen) atoms. The second-order valence-corrected chi connectivity index (χ2v) is 4.51. The van der Waals surface area contributed by atoms with Crippen LogP contribution in [0.5, 0.6) is 0 Å². The molecule has 0 saturated heterocycles. The highest BCUT2D eigenvalue weighted by Crippen LogP contribution is 2.20. The number of hydrogen-bond donors (Lipinski definition) is 1. The number of likely N-dealkylation sites (N-methyl/N-ethyl adjacent to an activating group) is 1. The first kappa shape index (κ1) is 11.3. The van der Waals surface area contributed by atoms with Crippen LogP contribution < -0.4 is 5.32 Å². The van der Waals surface area contributed by atoms with E-state index in [1.54, 1.807) is 23.5 Å². The van der Waals surface area contributed by atoms with Gasteiger partial charge < -0.3 is 5.32 Å². The van der Waals surface area contributed by atoms with Crippen LogP contribution in [-0.4, -0.2) is 7.05 Å². The van der Waals surface area contributed by atoms with Gasteiger partial charge in [0.2, 0.25) is 0 Å². The third-order valence-electron chi connectivity index (χ3n) is 2.62. The lowest BCUT2D eigenvalue weighted by molar-refractivity contribution is 0.585. The van der Waals surface area contributed by atoms with Crippen LogP contribution in [0.25, 0.3) is 0 Å². The van der Waals surface area contributed by atoms with Crippen LogP contribution in [0.1, 0.15) is 17.2 Å². The van der Waals surface area contributed by atoms with Crippen molar-refractivity contribution in [3.8, 4) is 0 Å². The largest absolute Gasteiger partial charge is 0.313 e. The van der Waals surface area contributed by atoms with Crippen molar-refractivity contribution in [2.45, 2.75) is 12.5 Å². The summed E-state index contributed by atoms with van der Waals surface area (Å²) in [4.78, 5) is 0. The van der Waals surface area contributed by atoms with E-state index in [1.807, 2.05) is 13.1 Å². The maximum atomic E-state index is 13.0. The minimum atomic E-state index is -0.169. The van der Waals surface area contributed by atoms with Gasteiger partial charge in [-0.15, -0.1) is 0 Å². The molecule has 0 radical (unpaired) electrons. The van der Waals surface area contributed by atoms with E-state index in [1.165, 1.54) is 11.6 Å². The van der Waals surface area contributed by atoms with Crippen molar-refractivity contribution in [2.24, 2.45) is 0 Å².